The Morgan fingerprint density at radius 1 is 1.32 bits per heavy atom. The Balaban J connectivity index is 2.15. The van der Waals surface area contributed by atoms with Crippen LogP contribution in [0.25, 0.3) is 11.0 Å². The number of fused-ring (bicyclic) bond motifs is 1. The molecule has 0 aliphatic rings. The van der Waals surface area contributed by atoms with Crippen molar-refractivity contribution < 1.29 is 0 Å². The average Bonchev–Trinajstić information content (AvgIpc) is 2.76. The third-order valence-electron chi connectivity index (χ3n) is 2.89. The second kappa shape index (κ2) is 4.38. The number of aromatic nitrogens is 4. The molecule has 2 N–H and O–H groups in total. The van der Waals surface area contributed by atoms with Gasteiger partial charge >= 0.3 is 0 Å². The molecule has 19 heavy (non-hydrogen) atoms. The highest BCUT2D eigenvalue weighted by atomic mass is 15.2. The van der Waals surface area contributed by atoms with Gasteiger partial charge in [0.25, 0.3) is 0 Å². The Kier molecular flexibility index (Phi) is 2.58. The molecular weight excluding hydrogens is 240 g/mol. The van der Waals surface area contributed by atoms with Gasteiger partial charge in [-0.3, -0.25) is 0 Å². The highest BCUT2D eigenvalue weighted by Crippen LogP contribution is 2.21. The summed E-state index contributed by atoms with van der Waals surface area (Å²) in [5, 5.41) is 9.06. The van der Waals surface area contributed by atoms with Crippen molar-refractivity contribution in [3.05, 3.63) is 48.0 Å². The molecule has 0 aliphatic heterocycles. The number of imidazole rings is 1. The number of hydrogen-bond donors (Lipinski definition) is 1. The first kappa shape index (κ1) is 11.2. The Hall–Kier alpha value is -2.94. The quantitative estimate of drug-likeness (QED) is 0.740. The number of nitrogens with two attached hydrogens (primary N) is 1. The lowest BCUT2D eigenvalue weighted by Gasteiger charge is -2.05. The minimum atomic E-state index is 0.372. The van der Waals surface area contributed by atoms with E-state index in [2.05, 4.69) is 21.0 Å². The summed E-state index contributed by atoms with van der Waals surface area (Å²) in [7, 11) is 0. The van der Waals surface area contributed by atoms with Crippen molar-refractivity contribution in [2.24, 2.45) is 0 Å². The molecule has 3 rings (SSSR count). The monoisotopic (exact) mass is 250 g/mol. The fourth-order valence-electron chi connectivity index (χ4n) is 1.99. The standard InChI is InChI=1S/C13H10N6/c14-6-9-2-1-3-11-12(9)18-13(15)19(11)7-10-4-5-16-8-17-10/h1-5,8H,7H2,(H2,15,18). The molecule has 0 bridgehead atoms. The third-order valence-corrected chi connectivity index (χ3v) is 2.89. The number of benzene rings is 1. The van der Waals surface area contributed by atoms with Crippen LogP contribution in [0.2, 0.25) is 0 Å². The van der Waals surface area contributed by atoms with Gasteiger partial charge < -0.3 is 10.3 Å². The molecule has 0 aliphatic carbocycles. The molecule has 92 valence electrons. The molecule has 2 aromatic heterocycles. The maximum atomic E-state index is 9.06. The van der Waals surface area contributed by atoms with E-state index < -0.39 is 0 Å². The Bertz CT molecular complexity index is 769. The van der Waals surface area contributed by atoms with Gasteiger partial charge in [-0.05, 0) is 18.2 Å². The van der Waals surface area contributed by atoms with Crippen LogP contribution < -0.4 is 5.73 Å². The molecule has 0 saturated heterocycles. The van der Waals surface area contributed by atoms with Crippen molar-refractivity contribution in [3.8, 4) is 6.07 Å². The van der Waals surface area contributed by atoms with E-state index in [9.17, 15) is 0 Å². The molecule has 0 saturated carbocycles. The summed E-state index contributed by atoms with van der Waals surface area (Å²) in [4.78, 5) is 12.3. The smallest absolute Gasteiger partial charge is 0.201 e. The van der Waals surface area contributed by atoms with Crippen LogP contribution in [0.4, 0.5) is 5.95 Å². The maximum absolute atomic E-state index is 9.06. The minimum Gasteiger partial charge on any atom is -0.369 e. The van der Waals surface area contributed by atoms with Crippen molar-refractivity contribution in [2.45, 2.75) is 6.54 Å². The number of anilines is 1. The van der Waals surface area contributed by atoms with Gasteiger partial charge in [0.15, 0.2) is 0 Å². The second-order valence-electron chi connectivity index (χ2n) is 4.04. The van der Waals surface area contributed by atoms with E-state index in [4.69, 9.17) is 11.0 Å². The summed E-state index contributed by atoms with van der Waals surface area (Å²) < 4.78 is 1.83. The normalized spacial score (nSPS) is 10.5. The van der Waals surface area contributed by atoms with Crippen LogP contribution in [0.1, 0.15) is 11.3 Å². The summed E-state index contributed by atoms with van der Waals surface area (Å²) in [6.07, 6.45) is 3.17. The van der Waals surface area contributed by atoms with E-state index in [-0.39, 0.29) is 0 Å². The minimum absolute atomic E-state index is 0.372. The number of para-hydroxylation sites is 1. The summed E-state index contributed by atoms with van der Waals surface area (Å²) in [6.45, 7) is 0.500. The van der Waals surface area contributed by atoms with Gasteiger partial charge in [-0.25, -0.2) is 15.0 Å². The van der Waals surface area contributed by atoms with E-state index in [0.717, 1.165) is 11.2 Å². The molecule has 0 unspecified atom stereocenters. The van der Waals surface area contributed by atoms with Gasteiger partial charge in [0.05, 0.1) is 23.3 Å². The van der Waals surface area contributed by atoms with Gasteiger partial charge in [0.2, 0.25) is 5.95 Å². The van der Waals surface area contributed by atoms with E-state index >= 15 is 0 Å². The molecule has 0 radical (unpaired) electrons. The zero-order valence-corrected chi connectivity index (χ0v) is 9.98. The molecule has 2 heterocycles. The lowest BCUT2D eigenvalue weighted by Crippen LogP contribution is -2.05. The van der Waals surface area contributed by atoms with E-state index in [1.165, 1.54) is 6.33 Å². The van der Waals surface area contributed by atoms with Crippen LogP contribution in [0, 0.1) is 11.3 Å². The first-order valence-corrected chi connectivity index (χ1v) is 5.69. The summed E-state index contributed by atoms with van der Waals surface area (Å²) in [6, 6.07) is 9.37. The summed E-state index contributed by atoms with van der Waals surface area (Å²) in [5.41, 5.74) is 8.73. The van der Waals surface area contributed by atoms with Gasteiger partial charge in [-0.2, -0.15) is 5.26 Å². The zero-order valence-electron chi connectivity index (χ0n) is 9.98. The number of nitrogens with zero attached hydrogens (tertiary/aromatic N) is 5. The van der Waals surface area contributed by atoms with Crippen molar-refractivity contribution >= 4 is 17.0 Å². The molecule has 0 amide bonds. The molecule has 1 aromatic carbocycles. The number of nitriles is 1. The highest BCUT2D eigenvalue weighted by Gasteiger charge is 2.11. The largest absolute Gasteiger partial charge is 0.369 e. The van der Waals surface area contributed by atoms with Crippen molar-refractivity contribution in [1.29, 1.82) is 5.26 Å². The topological polar surface area (TPSA) is 93.4 Å². The fourth-order valence-corrected chi connectivity index (χ4v) is 1.99. The van der Waals surface area contributed by atoms with Gasteiger partial charge in [-0.1, -0.05) is 6.07 Å². The van der Waals surface area contributed by atoms with Crippen LogP contribution >= 0.6 is 0 Å². The number of nitrogen functional groups attached to an aromatic ring is 1. The predicted molar refractivity (Wildman–Crippen MR) is 70.0 cm³/mol. The SMILES string of the molecule is N#Cc1cccc2c1nc(N)n2Cc1ccncn1. The molecule has 0 fully saturated rings. The molecule has 6 heteroatoms. The van der Waals surface area contributed by atoms with Crippen LogP contribution in [0.15, 0.2) is 36.8 Å². The van der Waals surface area contributed by atoms with E-state index in [0.29, 0.717) is 23.6 Å². The van der Waals surface area contributed by atoms with Crippen LogP contribution in [0.5, 0.6) is 0 Å². The van der Waals surface area contributed by atoms with E-state index in [1.807, 2.05) is 22.8 Å². The van der Waals surface area contributed by atoms with Gasteiger partial charge in [0.1, 0.15) is 17.9 Å². The van der Waals surface area contributed by atoms with Gasteiger partial charge in [-0.15, -0.1) is 0 Å². The molecule has 3 aromatic rings. The van der Waals surface area contributed by atoms with Crippen LogP contribution in [-0.2, 0) is 6.54 Å². The van der Waals surface area contributed by atoms with Crippen molar-refractivity contribution in [3.63, 3.8) is 0 Å². The van der Waals surface area contributed by atoms with Crippen LogP contribution in [-0.4, -0.2) is 19.5 Å². The lowest BCUT2D eigenvalue weighted by molar-refractivity contribution is 0.803. The molecule has 6 nitrogen and oxygen atoms in total. The highest BCUT2D eigenvalue weighted by molar-refractivity contribution is 5.84. The maximum Gasteiger partial charge on any atom is 0.201 e. The fraction of sp³-hybridized carbons (Fsp3) is 0.0769. The van der Waals surface area contributed by atoms with Crippen molar-refractivity contribution in [1.82, 2.24) is 19.5 Å². The number of hydrogen-bond acceptors (Lipinski definition) is 5. The summed E-state index contributed by atoms with van der Waals surface area (Å²) in [5.74, 6) is 0.372. The lowest BCUT2D eigenvalue weighted by atomic mass is 10.2. The number of rotatable bonds is 2. The first-order valence-electron chi connectivity index (χ1n) is 5.69. The zero-order chi connectivity index (χ0) is 13.2. The Labute approximate surface area is 109 Å². The van der Waals surface area contributed by atoms with E-state index in [1.54, 1.807) is 12.3 Å². The molecule has 0 spiro atoms. The third kappa shape index (κ3) is 1.87. The van der Waals surface area contributed by atoms with Crippen molar-refractivity contribution in [2.75, 3.05) is 5.73 Å². The first-order chi connectivity index (χ1) is 9.29. The Morgan fingerprint density at radius 3 is 2.95 bits per heavy atom. The van der Waals surface area contributed by atoms with Gasteiger partial charge in [0, 0.05) is 6.20 Å². The predicted octanol–water partition coefficient (Wildman–Crippen LogP) is 1.33. The second-order valence-corrected chi connectivity index (χ2v) is 4.04. The molecule has 0 atom stereocenters. The average molecular weight is 250 g/mol. The summed E-state index contributed by atoms with van der Waals surface area (Å²) >= 11 is 0. The van der Waals surface area contributed by atoms with Crippen LogP contribution in [0.3, 0.4) is 0 Å². The Morgan fingerprint density at radius 2 is 2.21 bits per heavy atom. The molecular formula is C13H10N6.